The molecule has 2 aromatic carbocycles. The Morgan fingerprint density at radius 3 is 2.65 bits per heavy atom. The van der Waals surface area contributed by atoms with Crippen LogP contribution in [0.25, 0.3) is 10.2 Å². The van der Waals surface area contributed by atoms with E-state index < -0.39 is 10.1 Å². The molecule has 0 unspecified atom stereocenters. The van der Waals surface area contributed by atoms with Crippen molar-refractivity contribution in [1.82, 2.24) is 4.98 Å². The molecule has 3 N–H and O–H groups in total. The topological polar surface area (TPSA) is 118 Å². The highest BCUT2D eigenvalue weighted by atomic mass is 32.2. The molecule has 3 aromatic rings. The lowest BCUT2D eigenvalue weighted by atomic mass is 10.2. The number of hydrogen-bond acceptors (Lipinski definition) is 7. The Morgan fingerprint density at radius 2 is 1.96 bits per heavy atom. The maximum atomic E-state index is 11.1. The maximum Gasteiger partial charge on any atom is 0.294 e. The minimum absolute atomic E-state index is 0.201. The number of nitrogen functional groups attached to an aromatic ring is 1. The third-order valence-corrected chi connectivity index (χ3v) is 4.88. The number of azo groups is 1. The van der Waals surface area contributed by atoms with E-state index >= 15 is 0 Å². The minimum Gasteiger partial charge on any atom is -0.399 e. The van der Waals surface area contributed by atoms with Crippen LogP contribution in [0.1, 0.15) is 5.56 Å². The zero-order valence-electron chi connectivity index (χ0n) is 12.0. The number of benzene rings is 2. The Bertz CT molecular complexity index is 1030. The molecular weight excluding hydrogens is 336 g/mol. The second kappa shape index (κ2) is 5.69. The Kier molecular flexibility index (Phi) is 3.84. The molecule has 0 bridgehead atoms. The van der Waals surface area contributed by atoms with Crippen LogP contribution in [-0.2, 0) is 10.1 Å². The maximum absolute atomic E-state index is 11.1. The number of aromatic nitrogens is 1. The van der Waals surface area contributed by atoms with Crippen molar-refractivity contribution >= 4 is 48.2 Å². The largest absolute Gasteiger partial charge is 0.399 e. The van der Waals surface area contributed by atoms with Crippen molar-refractivity contribution in [2.24, 2.45) is 10.2 Å². The van der Waals surface area contributed by atoms with Crippen LogP contribution in [0.4, 0.5) is 16.5 Å². The van der Waals surface area contributed by atoms with Crippen LogP contribution in [0.15, 0.2) is 51.5 Å². The van der Waals surface area contributed by atoms with E-state index in [9.17, 15) is 8.42 Å². The molecule has 7 nitrogen and oxygen atoms in total. The van der Waals surface area contributed by atoms with Gasteiger partial charge in [0, 0.05) is 5.69 Å². The highest BCUT2D eigenvalue weighted by molar-refractivity contribution is 7.85. The first-order chi connectivity index (χ1) is 10.8. The molecule has 0 saturated heterocycles. The fourth-order valence-electron chi connectivity index (χ4n) is 1.99. The van der Waals surface area contributed by atoms with Crippen molar-refractivity contribution in [2.75, 3.05) is 5.73 Å². The first-order valence-corrected chi connectivity index (χ1v) is 8.74. The summed E-state index contributed by atoms with van der Waals surface area (Å²) in [4.78, 5) is 4.01. The monoisotopic (exact) mass is 348 g/mol. The van der Waals surface area contributed by atoms with Crippen LogP contribution in [-0.4, -0.2) is 18.0 Å². The van der Waals surface area contributed by atoms with E-state index in [-0.39, 0.29) is 4.90 Å². The Labute approximate surface area is 136 Å². The van der Waals surface area contributed by atoms with Gasteiger partial charge >= 0.3 is 0 Å². The van der Waals surface area contributed by atoms with Gasteiger partial charge in [0.1, 0.15) is 0 Å². The number of rotatable bonds is 3. The summed E-state index contributed by atoms with van der Waals surface area (Å²) in [6.45, 7) is 1.88. The molecule has 1 aromatic heterocycles. The van der Waals surface area contributed by atoms with E-state index in [4.69, 9.17) is 10.3 Å². The first kappa shape index (κ1) is 15.5. The van der Waals surface area contributed by atoms with Crippen LogP contribution in [0.3, 0.4) is 0 Å². The molecule has 0 aliphatic heterocycles. The standard InChI is InChI=1S/C14H12N4O3S2/c1-8-6-9(15)2-4-11(8)17-18-14-16-12-7-10(23(19,20)21)3-5-13(12)22-14/h2-7H,15H2,1H3,(H,19,20,21)/b18-17+. The number of fused-ring (bicyclic) bond motifs is 1. The average Bonchev–Trinajstić information content (AvgIpc) is 2.87. The fraction of sp³-hybridized carbons (Fsp3) is 0.0714. The van der Waals surface area contributed by atoms with Gasteiger partial charge in [0.2, 0.25) is 5.13 Å². The predicted octanol–water partition coefficient (Wildman–Crippen LogP) is 3.85. The van der Waals surface area contributed by atoms with Gasteiger partial charge in [-0.2, -0.15) is 8.42 Å². The van der Waals surface area contributed by atoms with E-state index in [1.165, 1.54) is 23.5 Å². The molecule has 0 spiro atoms. The molecule has 0 amide bonds. The van der Waals surface area contributed by atoms with Crippen LogP contribution in [0.5, 0.6) is 0 Å². The minimum atomic E-state index is -4.25. The number of anilines is 1. The molecule has 0 saturated carbocycles. The number of hydrogen-bond donors (Lipinski definition) is 2. The van der Waals surface area contributed by atoms with Crippen LogP contribution in [0.2, 0.25) is 0 Å². The van der Waals surface area contributed by atoms with E-state index in [1.54, 1.807) is 24.3 Å². The molecular formula is C14H12N4O3S2. The van der Waals surface area contributed by atoms with Gasteiger partial charge in [0.25, 0.3) is 10.1 Å². The molecule has 0 aliphatic carbocycles. The van der Waals surface area contributed by atoms with E-state index in [0.717, 1.165) is 10.3 Å². The number of aryl methyl sites for hydroxylation is 1. The molecule has 9 heteroatoms. The Balaban J connectivity index is 1.96. The summed E-state index contributed by atoms with van der Waals surface area (Å²) in [5, 5.41) is 8.60. The molecule has 0 fully saturated rings. The predicted molar refractivity (Wildman–Crippen MR) is 89.2 cm³/mol. The van der Waals surface area contributed by atoms with Crippen molar-refractivity contribution in [3.8, 4) is 0 Å². The lowest BCUT2D eigenvalue weighted by Gasteiger charge is -1.98. The summed E-state index contributed by atoms with van der Waals surface area (Å²) in [7, 11) is -4.25. The zero-order chi connectivity index (χ0) is 16.6. The van der Waals surface area contributed by atoms with Gasteiger partial charge in [-0.15, -0.1) is 10.2 Å². The van der Waals surface area contributed by atoms with Crippen LogP contribution >= 0.6 is 11.3 Å². The molecule has 1 heterocycles. The van der Waals surface area contributed by atoms with Gasteiger partial charge in [-0.3, -0.25) is 4.55 Å². The number of nitrogens with two attached hydrogens (primary N) is 1. The van der Waals surface area contributed by atoms with Gasteiger partial charge in [-0.05, 0) is 48.9 Å². The molecule has 3 rings (SSSR count). The molecule has 0 atom stereocenters. The van der Waals surface area contributed by atoms with Gasteiger partial charge < -0.3 is 5.73 Å². The van der Waals surface area contributed by atoms with Gasteiger partial charge in [0.15, 0.2) is 0 Å². The highest BCUT2D eigenvalue weighted by Crippen LogP contribution is 2.31. The third kappa shape index (κ3) is 3.36. The lowest BCUT2D eigenvalue weighted by molar-refractivity contribution is 0.483. The Hall–Kier alpha value is -2.36. The number of thiazole rings is 1. The van der Waals surface area contributed by atoms with E-state index in [2.05, 4.69) is 15.2 Å². The first-order valence-electron chi connectivity index (χ1n) is 6.49. The summed E-state index contributed by atoms with van der Waals surface area (Å²) >= 11 is 1.27. The quantitative estimate of drug-likeness (QED) is 0.423. The average molecular weight is 348 g/mol. The van der Waals surface area contributed by atoms with Gasteiger partial charge in [0.05, 0.1) is 20.8 Å². The second-order valence-corrected chi connectivity index (χ2v) is 7.28. The van der Waals surface area contributed by atoms with Crippen molar-refractivity contribution in [3.63, 3.8) is 0 Å². The summed E-state index contributed by atoms with van der Waals surface area (Å²) < 4.78 is 32.1. The van der Waals surface area contributed by atoms with Crippen molar-refractivity contribution in [1.29, 1.82) is 0 Å². The SMILES string of the molecule is Cc1cc(N)ccc1/N=N/c1nc2cc(S(=O)(=O)O)ccc2s1. The summed E-state index contributed by atoms with van der Waals surface area (Å²) in [5.41, 5.74) is 8.34. The zero-order valence-corrected chi connectivity index (χ0v) is 13.6. The lowest BCUT2D eigenvalue weighted by Crippen LogP contribution is -1.96. The normalized spacial score (nSPS) is 12.3. The second-order valence-electron chi connectivity index (χ2n) is 4.85. The highest BCUT2D eigenvalue weighted by Gasteiger charge is 2.12. The fourth-order valence-corrected chi connectivity index (χ4v) is 3.25. The third-order valence-electron chi connectivity index (χ3n) is 3.11. The molecule has 0 aliphatic rings. The molecule has 23 heavy (non-hydrogen) atoms. The molecule has 118 valence electrons. The van der Waals surface area contributed by atoms with Gasteiger partial charge in [-0.1, -0.05) is 11.3 Å². The smallest absolute Gasteiger partial charge is 0.294 e. The molecule has 0 radical (unpaired) electrons. The Morgan fingerprint density at radius 1 is 1.17 bits per heavy atom. The summed E-state index contributed by atoms with van der Waals surface area (Å²) in [5.74, 6) is 0. The van der Waals surface area contributed by atoms with Crippen molar-refractivity contribution in [2.45, 2.75) is 11.8 Å². The summed E-state index contributed by atoms with van der Waals surface area (Å²) in [6, 6.07) is 9.49. The van der Waals surface area contributed by atoms with Crippen LogP contribution < -0.4 is 5.73 Å². The van der Waals surface area contributed by atoms with E-state index in [0.29, 0.717) is 22.0 Å². The van der Waals surface area contributed by atoms with Crippen molar-refractivity contribution < 1.29 is 13.0 Å². The van der Waals surface area contributed by atoms with Gasteiger partial charge in [-0.25, -0.2) is 4.98 Å². The number of nitrogens with zero attached hydrogens (tertiary/aromatic N) is 3. The van der Waals surface area contributed by atoms with Crippen molar-refractivity contribution in [3.05, 3.63) is 42.0 Å². The summed E-state index contributed by atoms with van der Waals surface area (Å²) in [6.07, 6.45) is 0. The van der Waals surface area contributed by atoms with Crippen LogP contribution in [0, 0.1) is 6.92 Å². The van der Waals surface area contributed by atoms with E-state index in [1.807, 2.05) is 6.92 Å².